The molecule has 1 aliphatic carbocycles. The molecule has 6 aliphatic rings. The zero-order valence-electron chi connectivity index (χ0n) is 57.2. The Morgan fingerprint density at radius 3 is 1.26 bits per heavy atom. The number of ether oxygens (including phenoxy) is 2. The van der Waals surface area contributed by atoms with Crippen LogP contribution in [0.5, 0.6) is 23.0 Å². The summed E-state index contributed by atoms with van der Waals surface area (Å²) in [6.07, 6.45) is 0. The Hall–Kier alpha value is -12.8. The molecule has 0 N–H and O–H groups in total. The van der Waals surface area contributed by atoms with Gasteiger partial charge < -0.3 is 29.1 Å². The first kappa shape index (κ1) is 59.1. The van der Waals surface area contributed by atoms with Gasteiger partial charge in [0.2, 0.25) is 0 Å². The lowest BCUT2D eigenvalue weighted by Gasteiger charge is -2.47. The van der Waals surface area contributed by atoms with Crippen LogP contribution in [-0.2, 0) is 10.8 Å². The summed E-state index contributed by atoms with van der Waals surface area (Å²) in [5.74, 6) is 3.09. The van der Waals surface area contributed by atoms with Crippen molar-refractivity contribution in [2.75, 3.05) is 19.6 Å². The van der Waals surface area contributed by atoms with Crippen molar-refractivity contribution in [2.45, 2.75) is 31.6 Å². The number of para-hydroxylation sites is 7. The number of anilines is 12. The Bertz CT molecular complexity index is 5820. The predicted octanol–water partition coefficient (Wildman–Crippen LogP) is 20.7. The quantitative estimate of drug-likeness (QED) is 0.141. The van der Waals surface area contributed by atoms with E-state index in [2.05, 4.69) is 386 Å². The molecule has 0 bridgehead atoms. The molecule has 8 heteroatoms. The van der Waals surface area contributed by atoms with Gasteiger partial charge in [-0.25, -0.2) is 0 Å². The molecule has 0 aromatic heterocycles. The van der Waals surface area contributed by atoms with Crippen LogP contribution >= 0.6 is 0 Å². The minimum Gasteiger partial charge on any atom is -0.458 e. The molecule has 103 heavy (non-hydrogen) atoms. The molecule has 484 valence electrons. The Labute approximate surface area is 601 Å². The van der Waals surface area contributed by atoms with E-state index in [0.717, 1.165) is 130 Å². The summed E-state index contributed by atoms with van der Waals surface area (Å²) in [5, 5.41) is 0. The van der Waals surface area contributed by atoms with E-state index in [1.807, 2.05) is 0 Å². The van der Waals surface area contributed by atoms with Gasteiger partial charge in [-0.05, 0) is 156 Å². The first-order chi connectivity index (χ1) is 50.8. The summed E-state index contributed by atoms with van der Waals surface area (Å²) < 4.78 is 15.8. The van der Waals surface area contributed by atoms with Crippen LogP contribution in [0.2, 0.25) is 0 Å². The van der Waals surface area contributed by atoms with Crippen LogP contribution in [0, 0.1) is 0 Å². The van der Waals surface area contributed by atoms with Gasteiger partial charge in [0, 0.05) is 97.3 Å². The number of hydrogen-bond donors (Lipinski definition) is 0. The van der Waals surface area contributed by atoms with E-state index >= 15 is 0 Å². The fourth-order valence-electron chi connectivity index (χ4n) is 18.1. The third-order valence-electron chi connectivity index (χ3n) is 22.4. The molecule has 21 rings (SSSR count). The lowest BCUT2D eigenvalue weighted by molar-refractivity contribution is 0.428. The van der Waals surface area contributed by atoms with Crippen LogP contribution < -0.4 is 61.9 Å². The van der Waals surface area contributed by atoms with E-state index < -0.39 is 5.41 Å². The van der Waals surface area contributed by atoms with Gasteiger partial charge in [0.25, 0.3) is 13.4 Å². The predicted molar refractivity (Wildman–Crippen MR) is 428 cm³/mol. The standard InChI is InChI=1S/C95H66B2N4O2/c1-94(2,3)63-53-84-91-85(54-63)101(93-69(61-31-10-4-11-32-61)45-30-46-70(93)62-33-12-5-13-34-62)83-59-87-75(57-79(83)96(91)77-49-26-28-51-81(77)99(84)66-39-18-8-19-40-66)95(73-47-24-22-43-71(73)72-44-23-25-48-74(72)95)76-58-80-89(60-88(76)102-87)103-90-56-68(98(64-35-14-6-15-36-64)65-37-16-7-17-38-65)55-86-92(90)97(80)78-50-27-29-52-82(78)100(86)67-41-20-9-21-42-67/h4-60H,1-3H3. The van der Waals surface area contributed by atoms with Crippen LogP contribution in [0.4, 0.5) is 68.2 Å². The molecular weight excluding hydrogens is 1250 g/mol. The second-order valence-corrected chi connectivity index (χ2v) is 29.0. The van der Waals surface area contributed by atoms with Crippen LogP contribution in [0.15, 0.2) is 346 Å². The molecule has 0 unspecified atom stereocenters. The number of nitrogens with zero attached hydrogens (tertiary/aromatic N) is 4. The van der Waals surface area contributed by atoms with E-state index in [0.29, 0.717) is 0 Å². The lowest BCUT2D eigenvalue weighted by Crippen LogP contribution is -2.62. The molecule has 15 aromatic carbocycles. The molecule has 0 saturated heterocycles. The Balaban J connectivity index is 0.867. The van der Waals surface area contributed by atoms with Crippen molar-refractivity contribution in [3.8, 4) is 56.4 Å². The summed E-state index contributed by atoms with van der Waals surface area (Å²) in [6.45, 7) is 6.60. The molecule has 15 aromatic rings. The Kier molecular flexibility index (Phi) is 13.0. The lowest BCUT2D eigenvalue weighted by atomic mass is 9.33. The average molecular weight is 1320 g/mol. The maximum Gasteiger partial charge on any atom is 0.256 e. The number of benzene rings is 15. The van der Waals surface area contributed by atoms with Gasteiger partial charge >= 0.3 is 0 Å². The normalized spacial score (nSPS) is 13.9. The van der Waals surface area contributed by atoms with Gasteiger partial charge in [0.05, 0.1) is 16.8 Å². The minimum atomic E-state index is -0.894. The summed E-state index contributed by atoms with van der Waals surface area (Å²) in [7, 11) is 0. The van der Waals surface area contributed by atoms with Crippen molar-refractivity contribution >= 4 is 114 Å². The number of fused-ring (bicyclic) bond motifs is 17. The molecule has 5 heterocycles. The maximum absolute atomic E-state index is 8.04. The van der Waals surface area contributed by atoms with Crippen molar-refractivity contribution in [3.63, 3.8) is 0 Å². The Morgan fingerprint density at radius 1 is 0.291 bits per heavy atom. The average Bonchev–Trinajstić information content (AvgIpc) is 1.66. The van der Waals surface area contributed by atoms with Crippen LogP contribution in [0.1, 0.15) is 48.6 Å². The molecule has 5 aliphatic heterocycles. The Morgan fingerprint density at radius 2 is 0.718 bits per heavy atom. The van der Waals surface area contributed by atoms with E-state index in [-0.39, 0.29) is 18.8 Å². The molecule has 0 atom stereocenters. The summed E-state index contributed by atoms with van der Waals surface area (Å²) in [6, 6.07) is 128. The zero-order chi connectivity index (χ0) is 68.2. The van der Waals surface area contributed by atoms with E-state index in [1.54, 1.807) is 0 Å². The zero-order valence-corrected chi connectivity index (χ0v) is 57.2. The second-order valence-electron chi connectivity index (χ2n) is 29.0. The highest BCUT2D eigenvalue weighted by Gasteiger charge is 2.55. The molecular formula is C95H66B2N4O2. The van der Waals surface area contributed by atoms with E-state index in [4.69, 9.17) is 9.47 Å². The van der Waals surface area contributed by atoms with E-state index in [1.165, 1.54) is 55.4 Å². The summed E-state index contributed by atoms with van der Waals surface area (Å²) in [4.78, 5) is 9.97. The first-order valence-corrected chi connectivity index (χ1v) is 35.9. The highest BCUT2D eigenvalue weighted by molar-refractivity contribution is 7.01. The molecule has 0 radical (unpaired) electrons. The number of hydrogen-bond acceptors (Lipinski definition) is 6. The summed E-state index contributed by atoms with van der Waals surface area (Å²) >= 11 is 0. The maximum atomic E-state index is 8.04. The smallest absolute Gasteiger partial charge is 0.256 e. The monoisotopic (exact) mass is 1320 g/mol. The van der Waals surface area contributed by atoms with Crippen LogP contribution in [0.3, 0.4) is 0 Å². The van der Waals surface area contributed by atoms with E-state index in [9.17, 15) is 0 Å². The summed E-state index contributed by atoms with van der Waals surface area (Å²) in [5.41, 5.74) is 31.7. The molecule has 0 saturated carbocycles. The number of rotatable bonds is 8. The topological polar surface area (TPSA) is 31.4 Å². The van der Waals surface area contributed by atoms with Crippen LogP contribution in [-0.4, -0.2) is 13.4 Å². The van der Waals surface area contributed by atoms with Crippen molar-refractivity contribution in [1.82, 2.24) is 0 Å². The van der Waals surface area contributed by atoms with Gasteiger partial charge in [0.1, 0.15) is 23.0 Å². The van der Waals surface area contributed by atoms with Crippen molar-refractivity contribution < 1.29 is 9.47 Å². The van der Waals surface area contributed by atoms with Gasteiger partial charge in [-0.2, -0.15) is 0 Å². The SMILES string of the molecule is CC(C)(C)c1cc2c3c(c1)N(c1c(-c4ccccc4)cccc1-c1ccccc1)c1cc4c(cc1B3c1ccccc1N2c1ccccc1)C1(c2cc3c(cc2O4)Oc2cc(N(c4ccccc4)c4ccccc4)cc4c2B3c2ccccc2N4c2ccccc2)c2ccccc2-c2ccccc21. The third kappa shape index (κ3) is 8.71. The second kappa shape index (κ2) is 22.6. The van der Waals surface area contributed by atoms with Gasteiger partial charge in [0.15, 0.2) is 0 Å². The van der Waals surface area contributed by atoms with Crippen LogP contribution in [0.25, 0.3) is 33.4 Å². The van der Waals surface area contributed by atoms with Gasteiger partial charge in [-0.15, -0.1) is 0 Å². The fourth-order valence-corrected chi connectivity index (χ4v) is 18.1. The minimum absolute atomic E-state index is 0.219. The molecule has 6 nitrogen and oxygen atoms in total. The highest BCUT2D eigenvalue weighted by atomic mass is 16.5. The first-order valence-electron chi connectivity index (χ1n) is 35.9. The fraction of sp³-hybridized carbons (Fsp3) is 0.0526. The largest absolute Gasteiger partial charge is 0.458 e. The molecule has 0 amide bonds. The molecule has 0 fully saturated rings. The van der Waals surface area contributed by atoms with Crippen molar-refractivity contribution in [1.29, 1.82) is 0 Å². The van der Waals surface area contributed by atoms with Gasteiger partial charge in [-0.1, -0.05) is 269 Å². The third-order valence-corrected chi connectivity index (χ3v) is 22.4. The van der Waals surface area contributed by atoms with Gasteiger partial charge in [-0.3, -0.25) is 0 Å². The highest BCUT2D eigenvalue weighted by Crippen LogP contribution is 2.64. The van der Waals surface area contributed by atoms with Crippen molar-refractivity contribution in [3.05, 3.63) is 374 Å². The molecule has 1 spiro atoms. The van der Waals surface area contributed by atoms with Crippen molar-refractivity contribution in [2.24, 2.45) is 0 Å².